The molecule has 4 heteroatoms. The molecule has 1 aliphatic heterocycles. The van der Waals surface area contributed by atoms with Crippen LogP contribution in [0.5, 0.6) is 0 Å². The number of nitrogens with zero attached hydrogens (tertiary/aromatic N) is 1. The summed E-state index contributed by atoms with van der Waals surface area (Å²) in [5.74, 6) is -0.481. The lowest BCUT2D eigenvalue weighted by Gasteiger charge is -2.32. The second-order valence-corrected chi connectivity index (χ2v) is 5.38. The van der Waals surface area contributed by atoms with E-state index in [4.69, 9.17) is 4.74 Å². The smallest absolute Gasteiger partial charge is 0.330 e. The first-order valence-electron chi connectivity index (χ1n) is 6.93. The van der Waals surface area contributed by atoms with Crippen LogP contribution in [0.2, 0.25) is 0 Å². The van der Waals surface area contributed by atoms with Gasteiger partial charge < -0.3 is 4.74 Å². The maximum atomic E-state index is 12.0. The molecule has 0 spiro atoms. The van der Waals surface area contributed by atoms with Gasteiger partial charge in [-0.2, -0.15) is 0 Å². The Bertz CT molecular complexity index is 516. The molecule has 1 saturated heterocycles. The van der Waals surface area contributed by atoms with E-state index in [-0.39, 0.29) is 5.78 Å². The summed E-state index contributed by atoms with van der Waals surface area (Å²) in [6.07, 6.45) is 1.26. The number of aryl methyl sites for hydroxylation is 2. The van der Waals surface area contributed by atoms with Crippen molar-refractivity contribution in [1.29, 1.82) is 0 Å². The second-order valence-electron chi connectivity index (χ2n) is 5.38. The number of ether oxygens (including phenoxy) is 1. The number of Topliss-reactive ketones (excluding diaryl/α,β-unsaturated/α-hetero) is 1. The minimum Gasteiger partial charge on any atom is -0.468 e. The predicted octanol–water partition coefficient (Wildman–Crippen LogP) is 2.01. The molecule has 1 heterocycles. The second kappa shape index (κ2) is 6.18. The van der Waals surface area contributed by atoms with Gasteiger partial charge in [-0.05, 0) is 37.0 Å². The molecular formula is C16H21NO3. The van der Waals surface area contributed by atoms with Crippen LogP contribution in [0.1, 0.15) is 29.5 Å². The lowest BCUT2D eigenvalue weighted by Crippen LogP contribution is -2.50. The molecule has 0 aliphatic carbocycles. The van der Waals surface area contributed by atoms with Gasteiger partial charge >= 0.3 is 5.97 Å². The Morgan fingerprint density at radius 3 is 2.75 bits per heavy atom. The highest BCUT2D eigenvalue weighted by molar-refractivity contribution is 6.03. The third-order valence-electron chi connectivity index (χ3n) is 3.92. The van der Waals surface area contributed by atoms with Gasteiger partial charge in [0.05, 0.1) is 7.11 Å². The molecule has 0 bridgehead atoms. The zero-order valence-corrected chi connectivity index (χ0v) is 12.3. The molecule has 0 radical (unpaired) electrons. The lowest BCUT2D eigenvalue weighted by molar-refractivity contribution is -0.153. The number of benzene rings is 1. The van der Waals surface area contributed by atoms with Crippen molar-refractivity contribution in [2.24, 2.45) is 0 Å². The first-order chi connectivity index (χ1) is 9.52. The van der Waals surface area contributed by atoms with Gasteiger partial charge in [-0.3, -0.25) is 9.69 Å². The molecule has 1 aromatic carbocycles. The fourth-order valence-corrected chi connectivity index (χ4v) is 2.62. The Morgan fingerprint density at radius 2 is 2.10 bits per heavy atom. The fraction of sp³-hybridized carbons (Fsp3) is 0.500. The average molecular weight is 275 g/mol. The van der Waals surface area contributed by atoms with E-state index in [2.05, 4.69) is 32.0 Å². The maximum absolute atomic E-state index is 12.0. The third kappa shape index (κ3) is 3.07. The van der Waals surface area contributed by atoms with E-state index < -0.39 is 12.0 Å². The zero-order valence-electron chi connectivity index (χ0n) is 12.3. The molecule has 1 fully saturated rings. The summed E-state index contributed by atoms with van der Waals surface area (Å²) in [6.45, 7) is 5.49. The first kappa shape index (κ1) is 14.7. The van der Waals surface area contributed by atoms with Gasteiger partial charge in [-0.15, -0.1) is 0 Å². The quantitative estimate of drug-likeness (QED) is 0.625. The van der Waals surface area contributed by atoms with E-state index in [1.165, 1.54) is 18.2 Å². The Kier molecular flexibility index (Phi) is 4.55. The van der Waals surface area contributed by atoms with Crippen molar-refractivity contribution in [3.05, 3.63) is 34.9 Å². The van der Waals surface area contributed by atoms with Crippen molar-refractivity contribution in [1.82, 2.24) is 4.90 Å². The lowest BCUT2D eigenvalue weighted by atomic mass is 9.99. The SMILES string of the molecule is COC(=O)[C@H]1C(=O)CCCN1Cc1ccc(C)c(C)c1. The highest BCUT2D eigenvalue weighted by Gasteiger charge is 2.36. The van der Waals surface area contributed by atoms with E-state index in [1.807, 2.05) is 4.90 Å². The summed E-state index contributed by atoms with van der Waals surface area (Å²) in [5, 5.41) is 0. The summed E-state index contributed by atoms with van der Waals surface area (Å²) in [6, 6.07) is 5.50. The van der Waals surface area contributed by atoms with E-state index in [9.17, 15) is 9.59 Å². The van der Waals surface area contributed by atoms with Gasteiger partial charge in [-0.25, -0.2) is 4.79 Å². The number of likely N-dealkylation sites (tertiary alicyclic amines) is 1. The number of carbonyl (C=O) groups is 2. The van der Waals surface area contributed by atoms with Gasteiger partial charge in [0, 0.05) is 19.5 Å². The largest absolute Gasteiger partial charge is 0.468 e. The standard InChI is InChI=1S/C16H21NO3/c1-11-6-7-13(9-12(11)2)10-17-8-4-5-14(18)15(17)16(19)20-3/h6-7,9,15H,4-5,8,10H2,1-3H3/t15-/m1/s1. The number of piperidine rings is 1. The topological polar surface area (TPSA) is 46.6 Å². The maximum Gasteiger partial charge on any atom is 0.330 e. The molecule has 0 amide bonds. The molecule has 0 unspecified atom stereocenters. The molecule has 1 atom stereocenters. The number of ketones is 1. The molecule has 20 heavy (non-hydrogen) atoms. The zero-order chi connectivity index (χ0) is 14.7. The molecule has 0 N–H and O–H groups in total. The van der Waals surface area contributed by atoms with Crippen LogP contribution in [-0.2, 0) is 20.9 Å². The average Bonchev–Trinajstić information content (AvgIpc) is 2.42. The van der Waals surface area contributed by atoms with Gasteiger partial charge in [-0.1, -0.05) is 18.2 Å². The van der Waals surface area contributed by atoms with Crippen molar-refractivity contribution in [2.75, 3.05) is 13.7 Å². The molecule has 0 saturated carbocycles. The summed E-state index contributed by atoms with van der Waals surface area (Å²) in [5.41, 5.74) is 3.59. The van der Waals surface area contributed by atoms with Crippen LogP contribution in [0.25, 0.3) is 0 Å². The van der Waals surface area contributed by atoms with Crippen LogP contribution in [0.3, 0.4) is 0 Å². The molecule has 2 rings (SSSR count). The Balaban J connectivity index is 2.18. The van der Waals surface area contributed by atoms with Gasteiger partial charge in [0.1, 0.15) is 0 Å². The third-order valence-corrected chi connectivity index (χ3v) is 3.92. The highest BCUT2D eigenvalue weighted by Crippen LogP contribution is 2.19. The predicted molar refractivity (Wildman–Crippen MR) is 76.4 cm³/mol. The number of methoxy groups -OCH3 is 1. The van der Waals surface area contributed by atoms with E-state index in [0.717, 1.165) is 18.5 Å². The van der Waals surface area contributed by atoms with E-state index >= 15 is 0 Å². The molecule has 1 aromatic rings. The summed E-state index contributed by atoms with van der Waals surface area (Å²) in [4.78, 5) is 25.7. The number of esters is 1. The van der Waals surface area contributed by atoms with Crippen LogP contribution < -0.4 is 0 Å². The number of hydrogen-bond acceptors (Lipinski definition) is 4. The fourth-order valence-electron chi connectivity index (χ4n) is 2.62. The first-order valence-corrected chi connectivity index (χ1v) is 6.93. The van der Waals surface area contributed by atoms with Crippen molar-refractivity contribution in [2.45, 2.75) is 39.3 Å². The number of hydrogen-bond donors (Lipinski definition) is 0. The van der Waals surface area contributed by atoms with Crippen LogP contribution in [-0.4, -0.2) is 36.3 Å². The molecular weight excluding hydrogens is 254 g/mol. The molecule has 4 nitrogen and oxygen atoms in total. The highest BCUT2D eigenvalue weighted by atomic mass is 16.5. The van der Waals surface area contributed by atoms with Gasteiger partial charge in [0.25, 0.3) is 0 Å². The summed E-state index contributed by atoms with van der Waals surface area (Å²) < 4.78 is 4.77. The van der Waals surface area contributed by atoms with E-state index in [1.54, 1.807) is 0 Å². The van der Waals surface area contributed by atoms with Crippen molar-refractivity contribution < 1.29 is 14.3 Å². The minimum absolute atomic E-state index is 0.0352. The van der Waals surface area contributed by atoms with Crippen LogP contribution in [0.15, 0.2) is 18.2 Å². The Morgan fingerprint density at radius 1 is 1.35 bits per heavy atom. The van der Waals surface area contributed by atoms with Gasteiger partial charge in [0.2, 0.25) is 0 Å². The Hall–Kier alpha value is -1.68. The van der Waals surface area contributed by atoms with Crippen molar-refractivity contribution >= 4 is 11.8 Å². The van der Waals surface area contributed by atoms with Crippen molar-refractivity contribution in [3.8, 4) is 0 Å². The van der Waals surface area contributed by atoms with Gasteiger partial charge in [0.15, 0.2) is 11.8 Å². The number of carbonyl (C=O) groups excluding carboxylic acids is 2. The van der Waals surface area contributed by atoms with E-state index in [0.29, 0.717) is 13.0 Å². The molecule has 0 aromatic heterocycles. The normalized spacial score (nSPS) is 19.9. The molecule has 1 aliphatic rings. The number of rotatable bonds is 3. The summed E-state index contributed by atoms with van der Waals surface area (Å²) >= 11 is 0. The van der Waals surface area contributed by atoms with Crippen LogP contribution in [0.4, 0.5) is 0 Å². The Labute approximate surface area is 119 Å². The summed E-state index contributed by atoms with van der Waals surface area (Å²) in [7, 11) is 1.33. The monoisotopic (exact) mass is 275 g/mol. The molecule has 108 valence electrons. The van der Waals surface area contributed by atoms with Crippen LogP contribution in [0, 0.1) is 13.8 Å². The minimum atomic E-state index is -0.740. The van der Waals surface area contributed by atoms with Crippen molar-refractivity contribution in [3.63, 3.8) is 0 Å². The van der Waals surface area contributed by atoms with Crippen LogP contribution >= 0.6 is 0 Å².